The summed E-state index contributed by atoms with van der Waals surface area (Å²) < 4.78 is 0. The summed E-state index contributed by atoms with van der Waals surface area (Å²) in [5.74, 6) is 0. The minimum absolute atomic E-state index is 0.0252. The molecule has 0 aromatic heterocycles. The van der Waals surface area contributed by atoms with Gasteiger partial charge in [-0.05, 0) is 12.8 Å². The van der Waals surface area contributed by atoms with Crippen molar-refractivity contribution < 1.29 is 9.85 Å². The van der Waals surface area contributed by atoms with E-state index in [0.29, 0.717) is 13.1 Å². The van der Waals surface area contributed by atoms with Crippen LogP contribution in [0.2, 0.25) is 0 Å². The van der Waals surface area contributed by atoms with Crippen LogP contribution in [0.25, 0.3) is 0 Å². The van der Waals surface area contributed by atoms with Crippen LogP contribution in [-0.2, 0) is 0 Å². The molecule has 8 heteroatoms. The van der Waals surface area contributed by atoms with Gasteiger partial charge in [-0.3, -0.25) is 20.2 Å². The van der Waals surface area contributed by atoms with Crippen LogP contribution in [0.5, 0.6) is 0 Å². The van der Waals surface area contributed by atoms with E-state index in [9.17, 15) is 20.2 Å². The molecule has 0 bridgehead atoms. The monoisotopic (exact) mass is 262 g/mol. The Bertz CT molecular complexity index is 587. The lowest BCUT2D eigenvalue weighted by Crippen LogP contribution is -2.20. The summed E-state index contributed by atoms with van der Waals surface area (Å²) in [7, 11) is 0. The fourth-order valence-electron chi connectivity index (χ4n) is 2.21. The largest absolute Gasteiger partial charge is 0.365 e. The highest BCUT2D eigenvalue weighted by Gasteiger charge is 2.29. The SMILES string of the molecule is N#Cc1cc([N+](=O)[O-])cc([N+](=O)[O-])c1N1CCCC1. The van der Waals surface area contributed by atoms with Crippen molar-refractivity contribution in [1.82, 2.24) is 0 Å². The van der Waals surface area contributed by atoms with Gasteiger partial charge in [0.05, 0.1) is 21.5 Å². The highest BCUT2D eigenvalue weighted by atomic mass is 16.6. The van der Waals surface area contributed by atoms with E-state index in [1.54, 1.807) is 4.90 Å². The van der Waals surface area contributed by atoms with E-state index in [1.165, 1.54) is 0 Å². The van der Waals surface area contributed by atoms with Gasteiger partial charge in [0.25, 0.3) is 5.69 Å². The van der Waals surface area contributed by atoms with Gasteiger partial charge in [-0.1, -0.05) is 0 Å². The molecule has 0 N–H and O–H groups in total. The van der Waals surface area contributed by atoms with Crippen LogP contribution in [0.3, 0.4) is 0 Å². The van der Waals surface area contributed by atoms with Gasteiger partial charge in [-0.25, -0.2) is 0 Å². The van der Waals surface area contributed by atoms with Crippen molar-refractivity contribution in [2.45, 2.75) is 12.8 Å². The molecule has 1 aromatic rings. The Hall–Kier alpha value is -2.69. The number of nitro benzene ring substituents is 2. The Morgan fingerprint density at radius 1 is 1.16 bits per heavy atom. The summed E-state index contributed by atoms with van der Waals surface area (Å²) in [5.41, 5.74) is -0.655. The van der Waals surface area contributed by atoms with Crippen molar-refractivity contribution in [2.75, 3.05) is 18.0 Å². The average Bonchev–Trinajstić information content (AvgIpc) is 2.90. The molecule has 0 atom stereocenters. The first-order chi connectivity index (χ1) is 9.04. The molecule has 19 heavy (non-hydrogen) atoms. The number of anilines is 1. The molecule has 1 fully saturated rings. The molecule has 98 valence electrons. The van der Waals surface area contributed by atoms with E-state index in [0.717, 1.165) is 25.0 Å². The van der Waals surface area contributed by atoms with Gasteiger partial charge in [0.1, 0.15) is 11.8 Å². The van der Waals surface area contributed by atoms with Crippen molar-refractivity contribution in [3.05, 3.63) is 37.9 Å². The lowest BCUT2D eigenvalue weighted by Gasteiger charge is -2.18. The zero-order valence-corrected chi connectivity index (χ0v) is 9.90. The Kier molecular flexibility index (Phi) is 3.29. The Balaban J connectivity index is 2.65. The minimum Gasteiger partial charge on any atom is -0.365 e. The van der Waals surface area contributed by atoms with Gasteiger partial charge in [-0.15, -0.1) is 0 Å². The van der Waals surface area contributed by atoms with E-state index in [-0.39, 0.29) is 16.9 Å². The molecule has 0 unspecified atom stereocenters. The second kappa shape index (κ2) is 4.89. The number of rotatable bonds is 3. The molecule has 1 aliphatic heterocycles. The van der Waals surface area contributed by atoms with Crippen molar-refractivity contribution >= 4 is 17.1 Å². The normalized spacial score (nSPS) is 14.2. The van der Waals surface area contributed by atoms with Gasteiger partial charge in [0, 0.05) is 19.2 Å². The number of nitrogens with zero attached hydrogens (tertiary/aromatic N) is 4. The molecule has 1 saturated heterocycles. The van der Waals surface area contributed by atoms with Crippen molar-refractivity contribution in [2.24, 2.45) is 0 Å². The Labute approximate surface area is 108 Å². The molecule has 2 rings (SSSR count). The molecule has 0 radical (unpaired) electrons. The third-order valence-electron chi connectivity index (χ3n) is 3.02. The molecular weight excluding hydrogens is 252 g/mol. The number of hydrogen-bond acceptors (Lipinski definition) is 6. The average molecular weight is 262 g/mol. The fourth-order valence-corrected chi connectivity index (χ4v) is 2.21. The Morgan fingerprint density at radius 3 is 2.26 bits per heavy atom. The van der Waals surface area contributed by atoms with Crippen LogP contribution in [-0.4, -0.2) is 22.9 Å². The standard InChI is InChI=1S/C11H10N4O4/c12-7-8-5-9(14(16)17)6-10(15(18)19)11(8)13-3-1-2-4-13/h5-6H,1-4H2. The lowest BCUT2D eigenvalue weighted by molar-refractivity contribution is -0.393. The third-order valence-corrected chi connectivity index (χ3v) is 3.02. The van der Waals surface area contributed by atoms with Crippen molar-refractivity contribution in [3.63, 3.8) is 0 Å². The van der Waals surface area contributed by atoms with Gasteiger partial charge in [-0.2, -0.15) is 5.26 Å². The van der Waals surface area contributed by atoms with E-state index in [1.807, 2.05) is 6.07 Å². The van der Waals surface area contributed by atoms with Gasteiger partial charge < -0.3 is 4.90 Å². The maximum atomic E-state index is 11.1. The molecular formula is C11H10N4O4. The molecule has 0 amide bonds. The van der Waals surface area contributed by atoms with Crippen LogP contribution in [0.1, 0.15) is 18.4 Å². The predicted octanol–water partition coefficient (Wildman–Crippen LogP) is 1.97. The zero-order valence-electron chi connectivity index (χ0n) is 9.90. The number of non-ortho nitro benzene ring substituents is 1. The van der Waals surface area contributed by atoms with Crippen LogP contribution < -0.4 is 4.90 Å². The molecule has 8 nitrogen and oxygen atoms in total. The highest BCUT2D eigenvalue weighted by molar-refractivity contribution is 5.75. The van der Waals surface area contributed by atoms with Gasteiger partial charge in [0.2, 0.25) is 0 Å². The first-order valence-electron chi connectivity index (χ1n) is 5.66. The molecule has 1 heterocycles. The van der Waals surface area contributed by atoms with E-state index in [2.05, 4.69) is 0 Å². The van der Waals surface area contributed by atoms with Crippen molar-refractivity contribution in [3.8, 4) is 6.07 Å². The van der Waals surface area contributed by atoms with Crippen LogP contribution >= 0.6 is 0 Å². The third kappa shape index (κ3) is 2.30. The van der Waals surface area contributed by atoms with Crippen molar-refractivity contribution in [1.29, 1.82) is 5.26 Å². The number of benzene rings is 1. The number of nitro groups is 2. The van der Waals surface area contributed by atoms with Crippen LogP contribution in [0.4, 0.5) is 17.1 Å². The molecule has 1 aromatic carbocycles. The lowest BCUT2D eigenvalue weighted by atomic mass is 10.1. The summed E-state index contributed by atoms with van der Waals surface area (Å²) in [4.78, 5) is 22.1. The van der Waals surface area contributed by atoms with Gasteiger partial charge >= 0.3 is 5.69 Å². The Morgan fingerprint density at radius 2 is 1.79 bits per heavy atom. The summed E-state index contributed by atoms with van der Waals surface area (Å²) >= 11 is 0. The zero-order chi connectivity index (χ0) is 14.0. The van der Waals surface area contributed by atoms with E-state index in [4.69, 9.17) is 5.26 Å². The number of nitriles is 1. The fraction of sp³-hybridized carbons (Fsp3) is 0.364. The maximum absolute atomic E-state index is 11.1. The summed E-state index contributed by atoms with van der Waals surface area (Å²) in [5, 5.41) is 30.9. The molecule has 0 aliphatic carbocycles. The topological polar surface area (TPSA) is 113 Å². The van der Waals surface area contributed by atoms with E-state index < -0.39 is 15.5 Å². The highest BCUT2D eigenvalue weighted by Crippen LogP contribution is 2.37. The first-order valence-corrected chi connectivity index (χ1v) is 5.66. The predicted molar refractivity (Wildman–Crippen MR) is 65.9 cm³/mol. The maximum Gasteiger partial charge on any atom is 0.300 e. The summed E-state index contributed by atoms with van der Waals surface area (Å²) in [6.45, 7) is 1.24. The molecule has 1 aliphatic rings. The second-order valence-electron chi connectivity index (χ2n) is 4.18. The second-order valence-corrected chi connectivity index (χ2v) is 4.18. The minimum atomic E-state index is -0.735. The summed E-state index contributed by atoms with van der Waals surface area (Å²) in [6.07, 6.45) is 1.78. The first kappa shape index (κ1) is 12.8. The smallest absolute Gasteiger partial charge is 0.300 e. The van der Waals surface area contributed by atoms with E-state index >= 15 is 0 Å². The van der Waals surface area contributed by atoms with Crippen LogP contribution in [0, 0.1) is 31.6 Å². The molecule has 0 saturated carbocycles. The van der Waals surface area contributed by atoms with Crippen LogP contribution in [0.15, 0.2) is 12.1 Å². The summed E-state index contributed by atoms with van der Waals surface area (Å²) in [6, 6.07) is 3.81. The quantitative estimate of drug-likeness (QED) is 0.607. The van der Waals surface area contributed by atoms with Gasteiger partial charge in [0.15, 0.2) is 0 Å². The number of hydrogen-bond donors (Lipinski definition) is 0. The molecule has 0 spiro atoms.